The minimum absolute atomic E-state index is 0.287. The zero-order valence-corrected chi connectivity index (χ0v) is 14.8. The van der Waals surface area contributed by atoms with Gasteiger partial charge in [-0.3, -0.25) is 4.90 Å². The number of fused-ring (bicyclic) bond motifs is 2. The van der Waals surface area contributed by atoms with Gasteiger partial charge < -0.3 is 10.1 Å². The highest BCUT2D eigenvalue weighted by molar-refractivity contribution is 5.86. The number of piperidine rings is 1. The molecular weight excluding hydrogens is 296 g/mol. The van der Waals surface area contributed by atoms with E-state index in [0.717, 1.165) is 25.3 Å². The standard InChI is InChI=1S/C21H30N2O/c1-15-6-4-9-18-21(15)17(14-22-18)11-12-20(24)23-13-5-8-16-7-2-3-10-19(16)23/h4,6,9,14,16,19-20,22,24H,2-3,5,7-8,10-13H2,1H3. The van der Waals surface area contributed by atoms with Crippen LogP contribution in [-0.2, 0) is 6.42 Å². The number of aliphatic hydroxyl groups excluding tert-OH is 1. The van der Waals surface area contributed by atoms with Crippen molar-refractivity contribution >= 4 is 10.9 Å². The van der Waals surface area contributed by atoms with E-state index in [-0.39, 0.29) is 6.23 Å². The molecule has 1 aliphatic heterocycles. The molecule has 2 fully saturated rings. The Labute approximate surface area is 145 Å². The average molecular weight is 326 g/mol. The molecule has 2 aromatic rings. The fraction of sp³-hybridized carbons (Fsp3) is 0.619. The molecule has 1 aromatic heterocycles. The van der Waals surface area contributed by atoms with Crippen LogP contribution in [0.1, 0.15) is 56.1 Å². The number of aromatic amines is 1. The van der Waals surface area contributed by atoms with Gasteiger partial charge in [-0.25, -0.2) is 0 Å². The Kier molecular flexibility index (Phi) is 4.64. The number of aryl methyl sites for hydroxylation is 2. The van der Waals surface area contributed by atoms with Crippen molar-refractivity contribution in [1.29, 1.82) is 0 Å². The lowest BCUT2D eigenvalue weighted by molar-refractivity contribution is -0.0736. The summed E-state index contributed by atoms with van der Waals surface area (Å²) in [6.45, 7) is 3.25. The van der Waals surface area contributed by atoms with Crippen molar-refractivity contribution in [2.45, 2.75) is 70.6 Å². The Morgan fingerprint density at radius 1 is 1.21 bits per heavy atom. The Morgan fingerprint density at radius 2 is 2.04 bits per heavy atom. The summed E-state index contributed by atoms with van der Waals surface area (Å²) in [5.41, 5.74) is 3.88. The predicted octanol–water partition coefficient (Wildman–Crippen LogP) is 4.38. The molecule has 2 aliphatic rings. The first-order chi connectivity index (χ1) is 11.7. The van der Waals surface area contributed by atoms with Crippen LogP contribution in [-0.4, -0.2) is 33.8 Å². The van der Waals surface area contributed by atoms with Crippen molar-refractivity contribution in [2.24, 2.45) is 5.92 Å². The third-order valence-corrected chi connectivity index (χ3v) is 6.34. The van der Waals surface area contributed by atoms with Crippen LogP contribution >= 0.6 is 0 Å². The molecule has 0 amide bonds. The first-order valence-corrected chi connectivity index (χ1v) is 9.73. The zero-order valence-electron chi connectivity index (χ0n) is 14.8. The van der Waals surface area contributed by atoms with Crippen molar-refractivity contribution in [3.8, 4) is 0 Å². The maximum atomic E-state index is 10.9. The van der Waals surface area contributed by atoms with Gasteiger partial charge in [-0.15, -0.1) is 0 Å². The molecule has 1 aliphatic carbocycles. The number of benzene rings is 1. The van der Waals surface area contributed by atoms with Gasteiger partial charge in [0.25, 0.3) is 0 Å². The average Bonchev–Trinajstić information content (AvgIpc) is 3.04. The van der Waals surface area contributed by atoms with E-state index in [2.05, 4.69) is 41.2 Å². The van der Waals surface area contributed by atoms with E-state index in [1.165, 1.54) is 60.6 Å². The smallest absolute Gasteiger partial charge is 0.107 e. The highest BCUT2D eigenvalue weighted by atomic mass is 16.3. The second-order valence-electron chi connectivity index (χ2n) is 7.82. The normalized spacial score (nSPS) is 26.4. The number of likely N-dealkylation sites (tertiary alicyclic amines) is 1. The van der Waals surface area contributed by atoms with Gasteiger partial charge >= 0.3 is 0 Å². The van der Waals surface area contributed by atoms with Crippen molar-refractivity contribution in [3.63, 3.8) is 0 Å². The van der Waals surface area contributed by atoms with Crippen molar-refractivity contribution < 1.29 is 5.11 Å². The largest absolute Gasteiger partial charge is 0.378 e. The topological polar surface area (TPSA) is 39.3 Å². The van der Waals surface area contributed by atoms with E-state index in [0.29, 0.717) is 6.04 Å². The molecule has 2 N–H and O–H groups in total. The van der Waals surface area contributed by atoms with E-state index in [1.807, 2.05) is 0 Å². The molecule has 0 spiro atoms. The number of rotatable bonds is 4. The van der Waals surface area contributed by atoms with E-state index in [4.69, 9.17) is 0 Å². The van der Waals surface area contributed by atoms with Gasteiger partial charge in [0, 0.05) is 29.7 Å². The van der Waals surface area contributed by atoms with Crippen LogP contribution in [0, 0.1) is 12.8 Å². The zero-order chi connectivity index (χ0) is 16.5. The van der Waals surface area contributed by atoms with E-state index in [9.17, 15) is 5.11 Å². The fourth-order valence-corrected chi connectivity index (χ4v) is 5.13. The van der Waals surface area contributed by atoms with Crippen molar-refractivity contribution in [2.75, 3.05) is 6.54 Å². The van der Waals surface area contributed by atoms with Crippen LogP contribution in [0.2, 0.25) is 0 Å². The minimum Gasteiger partial charge on any atom is -0.378 e. The van der Waals surface area contributed by atoms with E-state index in [1.54, 1.807) is 0 Å². The fourth-order valence-electron chi connectivity index (χ4n) is 5.13. The first kappa shape index (κ1) is 16.2. The lowest BCUT2D eigenvalue weighted by Gasteiger charge is -2.46. The predicted molar refractivity (Wildman–Crippen MR) is 99.0 cm³/mol. The maximum Gasteiger partial charge on any atom is 0.107 e. The van der Waals surface area contributed by atoms with Gasteiger partial charge in [0.15, 0.2) is 0 Å². The van der Waals surface area contributed by atoms with Gasteiger partial charge in [0.2, 0.25) is 0 Å². The molecule has 0 radical (unpaired) electrons. The summed E-state index contributed by atoms with van der Waals surface area (Å²) < 4.78 is 0. The molecule has 1 saturated carbocycles. The molecule has 0 bridgehead atoms. The second kappa shape index (κ2) is 6.89. The summed E-state index contributed by atoms with van der Waals surface area (Å²) in [4.78, 5) is 5.81. The Bertz CT molecular complexity index is 690. The summed E-state index contributed by atoms with van der Waals surface area (Å²) in [5.74, 6) is 0.831. The van der Waals surface area contributed by atoms with Crippen LogP contribution in [0.4, 0.5) is 0 Å². The number of hydrogen-bond acceptors (Lipinski definition) is 2. The van der Waals surface area contributed by atoms with Crippen LogP contribution < -0.4 is 0 Å². The SMILES string of the molecule is Cc1cccc2[nH]cc(CCC(O)N3CCCC4CCCCC43)c12. The minimum atomic E-state index is -0.287. The molecule has 3 atom stereocenters. The van der Waals surface area contributed by atoms with Crippen LogP contribution in [0.3, 0.4) is 0 Å². The monoisotopic (exact) mass is 326 g/mol. The Hall–Kier alpha value is -1.32. The van der Waals surface area contributed by atoms with E-state index >= 15 is 0 Å². The third kappa shape index (κ3) is 3.00. The molecule has 4 rings (SSSR count). The highest BCUT2D eigenvalue weighted by Crippen LogP contribution is 2.36. The van der Waals surface area contributed by atoms with Gasteiger partial charge in [0.05, 0.1) is 0 Å². The summed E-state index contributed by atoms with van der Waals surface area (Å²) in [6.07, 6.45) is 11.6. The van der Waals surface area contributed by atoms with Crippen LogP contribution in [0.5, 0.6) is 0 Å². The van der Waals surface area contributed by atoms with Crippen LogP contribution in [0.15, 0.2) is 24.4 Å². The lowest BCUT2D eigenvalue weighted by Crippen LogP contribution is -2.51. The van der Waals surface area contributed by atoms with Gasteiger partial charge in [0.1, 0.15) is 6.23 Å². The maximum absolute atomic E-state index is 10.9. The molecule has 1 saturated heterocycles. The van der Waals surface area contributed by atoms with E-state index < -0.39 is 0 Å². The molecule has 24 heavy (non-hydrogen) atoms. The summed E-state index contributed by atoms with van der Waals surface area (Å²) in [5, 5.41) is 12.2. The number of aromatic nitrogens is 1. The summed E-state index contributed by atoms with van der Waals surface area (Å²) >= 11 is 0. The Balaban J connectivity index is 1.44. The molecule has 3 heteroatoms. The molecule has 3 unspecified atom stereocenters. The molecule has 2 heterocycles. The number of H-pyrrole nitrogens is 1. The van der Waals surface area contributed by atoms with Crippen molar-refractivity contribution in [1.82, 2.24) is 9.88 Å². The highest BCUT2D eigenvalue weighted by Gasteiger charge is 2.35. The van der Waals surface area contributed by atoms with Gasteiger partial charge in [-0.2, -0.15) is 0 Å². The number of hydrogen-bond donors (Lipinski definition) is 2. The summed E-state index contributed by atoms with van der Waals surface area (Å²) in [7, 11) is 0. The van der Waals surface area contributed by atoms with Crippen LogP contribution in [0.25, 0.3) is 10.9 Å². The van der Waals surface area contributed by atoms with Gasteiger partial charge in [-0.05, 0) is 68.6 Å². The van der Waals surface area contributed by atoms with Crippen molar-refractivity contribution in [3.05, 3.63) is 35.5 Å². The summed E-state index contributed by atoms with van der Waals surface area (Å²) in [6, 6.07) is 7.04. The Morgan fingerprint density at radius 3 is 2.96 bits per heavy atom. The second-order valence-corrected chi connectivity index (χ2v) is 7.82. The quantitative estimate of drug-likeness (QED) is 0.875. The number of aliphatic hydroxyl groups is 1. The first-order valence-electron chi connectivity index (χ1n) is 9.73. The molecule has 1 aromatic carbocycles. The van der Waals surface area contributed by atoms with Gasteiger partial charge in [-0.1, -0.05) is 25.0 Å². The lowest BCUT2D eigenvalue weighted by atomic mass is 9.78. The molecular formula is C21H30N2O. The molecule has 130 valence electrons. The number of nitrogens with one attached hydrogen (secondary N) is 1. The molecule has 3 nitrogen and oxygen atoms in total. The number of nitrogens with zero attached hydrogens (tertiary/aromatic N) is 1. The third-order valence-electron chi connectivity index (χ3n) is 6.34.